The molecule has 0 aromatic carbocycles. The van der Waals surface area contributed by atoms with Gasteiger partial charge in [-0.1, -0.05) is 5.92 Å². The Hall–Kier alpha value is -3.06. The first-order chi connectivity index (χ1) is 15.5. The lowest BCUT2D eigenvalue weighted by atomic mass is 9.98. The summed E-state index contributed by atoms with van der Waals surface area (Å²) in [5.41, 5.74) is 0.731. The van der Waals surface area contributed by atoms with Gasteiger partial charge in [-0.05, 0) is 26.7 Å². The highest BCUT2D eigenvalue weighted by atomic mass is 16.5. The maximum absolute atomic E-state index is 13.5. The van der Waals surface area contributed by atoms with Crippen LogP contribution in [0.5, 0.6) is 0 Å². The molecule has 4 rings (SSSR count). The van der Waals surface area contributed by atoms with Gasteiger partial charge < -0.3 is 19.9 Å². The number of piperazine rings is 1. The number of piperidine rings is 1. The first-order valence-corrected chi connectivity index (χ1v) is 11.3. The van der Waals surface area contributed by atoms with E-state index in [9.17, 15) is 9.59 Å². The summed E-state index contributed by atoms with van der Waals surface area (Å²) in [6.45, 7) is 8.91. The van der Waals surface area contributed by atoms with Gasteiger partial charge in [0.2, 0.25) is 11.9 Å². The zero-order chi connectivity index (χ0) is 22.7. The van der Waals surface area contributed by atoms with Crippen LogP contribution in [0.15, 0.2) is 4.79 Å². The van der Waals surface area contributed by atoms with Crippen molar-refractivity contribution in [2.45, 2.75) is 33.2 Å². The van der Waals surface area contributed by atoms with Crippen molar-refractivity contribution < 1.29 is 9.53 Å². The third-order valence-corrected chi connectivity index (χ3v) is 6.08. The van der Waals surface area contributed by atoms with Gasteiger partial charge in [0.05, 0.1) is 19.1 Å². The summed E-state index contributed by atoms with van der Waals surface area (Å²) in [5.74, 6) is 6.84. The number of aromatic nitrogens is 4. The summed E-state index contributed by atoms with van der Waals surface area (Å²) >= 11 is 0. The highest BCUT2D eigenvalue weighted by Crippen LogP contribution is 2.25. The molecule has 0 radical (unpaired) electrons. The van der Waals surface area contributed by atoms with Crippen LogP contribution in [0.2, 0.25) is 0 Å². The fraction of sp³-hybridized carbons (Fsp3) is 0.636. The smallest absolute Gasteiger partial charge is 0.310 e. The number of carbonyl (C=O) groups is 1. The fourth-order valence-electron chi connectivity index (χ4n) is 4.45. The maximum atomic E-state index is 13.5. The molecule has 0 spiro atoms. The van der Waals surface area contributed by atoms with Crippen LogP contribution in [0.3, 0.4) is 0 Å². The minimum absolute atomic E-state index is 0.157. The summed E-state index contributed by atoms with van der Waals surface area (Å²) in [6.07, 6.45) is 1.62. The number of esters is 1. The minimum Gasteiger partial charge on any atom is -0.466 e. The van der Waals surface area contributed by atoms with E-state index in [4.69, 9.17) is 14.7 Å². The van der Waals surface area contributed by atoms with Crippen molar-refractivity contribution in [3.8, 4) is 11.8 Å². The van der Waals surface area contributed by atoms with Crippen molar-refractivity contribution in [3.05, 3.63) is 10.4 Å². The van der Waals surface area contributed by atoms with Gasteiger partial charge in [-0.3, -0.25) is 18.7 Å². The van der Waals surface area contributed by atoms with Crippen LogP contribution < -0.4 is 20.7 Å². The number of anilines is 2. The normalized spacial score (nSPS) is 19.0. The molecule has 2 aromatic heterocycles. The van der Waals surface area contributed by atoms with E-state index in [2.05, 4.69) is 22.1 Å². The highest BCUT2D eigenvalue weighted by Gasteiger charge is 2.30. The Kier molecular flexibility index (Phi) is 6.65. The molecule has 172 valence electrons. The third-order valence-electron chi connectivity index (χ3n) is 6.08. The van der Waals surface area contributed by atoms with Crippen molar-refractivity contribution in [2.24, 2.45) is 13.0 Å². The topological polar surface area (TPSA) is 97.5 Å². The molecular weight excluding hydrogens is 410 g/mol. The molecule has 0 amide bonds. The molecule has 10 heteroatoms. The van der Waals surface area contributed by atoms with Crippen LogP contribution >= 0.6 is 0 Å². The highest BCUT2D eigenvalue weighted by molar-refractivity contribution is 5.76. The zero-order valence-corrected chi connectivity index (χ0v) is 19.1. The Morgan fingerprint density at radius 1 is 1.19 bits per heavy atom. The minimum atomic E-state index is -0.218. The van der Waals surface area contributed by atoms with Crippen LogP contribution in [-0.2, 0) is 23.1 Å². The number of imidazole rings is 1. The number of ether oxygens (including phenoxy) is 1. The lowest BCUT2D eigenvalue weighted by Gasteiger charge is -2.32. The molecule has 32 heavy (non-hydrogen) atoms. The average molecular weight is 442 g/mol. The second-order valence-corrected chi connectivity index (χ2v) is 8.15. The van der Waals surface area contributed by atoms with Crippen molar-refractivity contribution in [1.82, 2.24) is 24.4 Å². The van der Waals surface area contributed by atoms with E-state index in [0.717, 1.165) is 51.5 Å². The molecule has 10 nitrogen and oxygen atoms in total. The van der Waals surface area contributed by atoms with Gasteiger partial charge in [0.1, 0.15) is 0 Å². The van der Waals surface area contributed by atoms with E-state index in [1.54, 1.807) is 18.5 Å². The molecule has 0 unspecified atom stereocenters. The average Bonchev–Trinajstić information content (AvgIpc) is 3.19. The Morgan fingerprint density at radius 2 is 1.94 bits per heavy atom. The van der Waals surface area contributed by atoms with Crippen molar-refractivity contribution in [1.29, 1.82) is 0 Å². The first-order valence-electron chi connectivity index (χ1n) is 11.3. The summed E-state index contributed by atoms with van der Waals surface area (Å²) in [5, 5.41) is 3.34. The molecule has 2 aromatic rings. The molecule has 1 N–H and O–H groups in total. The molecular formula is C22H31N7O3. The van der Waals surface area contributed by atoms with Gasteiger partial charge in [0.15, 0.2) is 11.2 Å². The quantitative estimate of drug-likeness (QED) is 0.524. The largest absolute Gasteiger partial charge is 0.466 e. The van der Waals surface area contributed by atoms with Crippen LogP contribution in [0.25, 0.3) is 11.2 Å². The number of nitrogens with zero attached hydrogens (tertiary/aromatic N) is 6. The zero-order valence-electron chi connectivity index (χ0n) is 19.1. The molecule has 0 saturated carbocycles. The molecule has 4 heterocycles. The molecule has 0 aliphatic carbocycles. The van der Waals surface area contributed by atoms with Gasteiger partial charge in [0, 0.05) is 46.3 Å². The number of hydrogen-bond donors (Lipinski definition) is 1. The predicted octanol–water partition coefficient (Wildman–Crippen LogP) is 0.342. The van der Waals surface area contributed by atoms with Crippen molar-refractivity contribution >= 4 is 29.0 Å². The van der Waals surface area contributed by atoms with Crippen LogP contribution in [0.4, 0.5) is 11.9 Å². The van der Waals surface area contributed by atoms with E-state index in [1.807, 2.05) is 16.4 Å². The van der Waals surface area contributed by atoms with Gasteiger partial charge >= 0.3 is 5.97 Å². The number of hydrogen-bond acceptors (Lipinski definition) is 8. The van der Waals surface area contributed by atoms with E-state index in [-0.39, 0.29) is 17.4 Å². The van der Waals surface area contributed by atoms with Gasteiger partial charge in [0.25, 0.3) is 5.56 Å². The number of fused-ring (bicyclic) bond motifs is 1. The standard InChI is InChI=1S/C22H31N7O3/c1-4-6-12-29-17-18(25-22(29)27-13-9-23-10-14-27)24-21(26(3)19(17)30)28-11-7-8-16(15-28)20(31)32-5-2/h16,23H,5,7-15H2,1-3H3/t16-/m0/s1. The van der Waals surface area contributed by atoms with Gasteiger partial charge in [-0.2, -0.15) is 9.97 Å². The van der Waals surface area contributed by atoms with Crippen LogP contribution in [0, 0.1) is 17.8 Å². The lowest BCUT2D eigenvalue weighted by molar-refractivity contribution is -0.148. The Morgan fingerprint density at radius 3 is 2.66 bits per heavy atom. The molecule has 2 aliphatic rings. The van der Waals surface area contributed by atoms with Crippen LogP contribution in [0.1, 0.15) is 26.7 Å². The molecule has 1 atom stereocenters. The SMILES string of the molecule is CC#CCn1c(N2CCNCC2)nc2nc(N3CCC[C@H](C(=O)OCC)C3)n(C)c(=O)c21. The number of nitrogens with one attached hydrogen (secondary N) is 1. The first kappa shape index (κ1) is 22.1. The van der Waals surface area contributed by atoms with E-state index < -0.39 is 0 Å². The maximum Gasteiger partial charge on any atom is 0.310 e. The Bertz CT molecular complexity index is 1100. The van der Waals surface area contributed by atoms with Gasteiger partial charge in [-0.15, -0.1) is 5.92 Å². The lowest BCUT2D eigenvalue weighted by Crippen LogP contribution is -2.44. The van der Waals surface area contributed by atoms with E-state index in [1.165, 1.54) is 0 Å². The second kappa shape index (κ2) is 9.61. The van der Waals surface area contributed by atoms with Crippen molar-refractivity contribution in [2.75, 3.05) is 55.7 Å². The summed E-state index contributed by atoms with van der Waals surface area (Å²) in [4.78, 5) is 39.5. The van der Waals surface area contributed by atoms with E-state index in [0.29, 0.717) is 36.8 Å². The van der Waals surface area contributed by atoms with E-state index >= 15 is 0 Å². The summed E-state index contributed by atoms with van der Waals surface area (Å²) in [6, 6.07) is 0. The van der Waals surface area contributed by atoms with Crippen molar-refractivity contribution in [3.63, 3.8) is 0 Å². The molecule has 2 fully saturated rings. The summed E-state index contributed by atoms with van der Waals surface area (Å²) < 4.78 is 8.67. The predicted molar refractivity (Wildman–Crippen MR) is 123 cm³/mol. The molecule has 0 bridgehead atoms. The second-order valence-electron chi connectivity index (χ2n) is 8.15. The third kappa shape index (κ3) is 4.17. The number of rotatable bonds is 5. The van der Waals surface area contributed by atoms with Gasteiger partial charge in [-0.25, -0.2) is 0 Å². The monoisotopic (exact) mass is 441 g/mol. The summed E-state index contributed by atoms with van der Waals surface area (Å²) in [7, 11) is 1.73. The Balaban J connectivity index is 1.75. The number of carbonyl (C=O) groups excluding carboxylic acids is 1. The molecule has 2 saturated heterocycles. The van der Waals surface area contributed by atoms with Crippen LogP contribution in [-0.4, -0.2) is 70.9 Å². The fourth-order valence-corrected chi connectivity index (χ4v) is 4.45. The molecule has 2 aliphatic heterocycles. The Labute approximate surface area is 187 Å².